The second-order valence-electron chi connectivity index (χ2n) is 5.15. The molecule has 92 valence electrons. The monoisotopic (exact) mass is 245 g/mol. The summed E-state index contributed by atoms with van der Waals surface area (Å²) in [6.07, 6.45) is 2.66. The van der Waals surface area contributed by atoms with Crippen LogP contribution in [0.5, 0.6) is 0 Å². The number of esters is 1. The van der Waals surface area contributed by atoms with E-state index in [0.717, 1.165) is 12.0 Å². The fourth-order valence-electron chi connectivity index (χ4n) is 2.41. The predicted molar refractivity (Wildman–Crippen MR) is 60.2 cm³/mol. The van der Waals surface area contributed by atoms with Gasteiger partial charge in [-0.25, -0.2) is 0 Å². The predicted octanol–water partition coefficient (Wildman–Crippen LogP) is 1.89. The highest BCUT2D eigenvalue weighted by molar-refractivity contribution is 7.80. The van der Waals surface area contributed by atoms with Crippen LogP contribution in [0, 0.1) is 5.41 Å². The third-order valence-corrected chi connectivity index (χ3v) is 3.46. The lowest BCUT2D eigenvalue weighted by molar-refractivity contribution is -0.148. The van der Waals surface area contributed by atoms with Gasteiger partial charge in [0, 0.05) is 13.3 Å². The highest BCUT2D eigenvalue weighted by Crippen LogP contribution is 2.43. The van der Waals surface area contributed by atoms with E-state index in [0.29, 0.717) is 6.42 Å². The topological polar surface area (TPSA) is 66.4 Å². The Morgan fingerprint density at radius 2 is 2.12 bits per heavy atom. The molecule has 2 unspecified atom stereocenters. The minimum absolute atomic E-state index is 0.186. The van der Waals surface area contributed by atoms with E-state index in [1.54, 1.807) is 6.08 Å². The number of carbonyl (C=O) groups excluding carboxylic acids is 1. The first-order valence-corrected chi connectivity index (χ1v) is 6.22. The fraction of sp³-hybridized carbons (Fsp3) is 0.727. The zero-order chi connectivity index (χ0) is 12.6. The zero-order valence-corrected chi connectivity index (χ0v) is 10.8. The van der Waals surface area contributed by atoms with Gasteiger partial charge in [0.1, 0.15) is 0 Å². The molecule has 0 amide bonds. The average Bonchev–Trinajstić information content (AvgIpc) is 1.96. The van der Waals surface area contributed by atoms with Crippen LogP contribution >= 0.6 is 0 Å². The summed E-state index contributed by atoms with van der Waals surface area (Å²) in [6, 6.07) is 0. The van der Waals surface area contributed by atoms with E-state index in [4.69, 9.17) is 4.74 Å². The van der Waals surface area contributed by atoms with Gasteiger partial charge in [0.25, 0.3) is 0 Å². The molecule has 0 saturated carbocycles. The van der Waals surface area contributed by atoms with Crippen molar-refractivity contribution in [1.82, 2.24) is 0 Å². The number of hydrogen-bond acceptors (Lipinski definition) is 4. The van der Waals surface area contributed by atoms with Gasteiger partial charge in [0.15, 0.2) is 4.93 Å². The maximum absolute atomic E-state index is 11.3. The summed E-state index contributed by atoms with van der Waals surface area (Å²) in [4.78, 5) is 9.53. The highest BCUT2D eigenvalue weighted by Gasteiger charge is 2.42. The van der Waals surface area contributed by atoms with Crippen molar-refractivity contribution in [2.24, 2.45) is 5.41 Å². The molecule has 1 rings (SSSR count). The van der Waals surface area contributed by atoms with Crippen molar-refractivity contribution in [3.05, 3.63) is 11.6 Å². The summed E-state index contributed by atoms with van der Waals surface area (Å²) in [7, 11) is 0. The molecule has 0 aromatic heterocycles. The number of ether oxygens (including phenoxy) is 1. The molecule has 16 heavy (non-hydrogen) atoms. The van der Waals surface area contributed by atoms with Crippen molar-refractivity contribution < 1.29 is 18.3 Å². The van der Waals surface area contributed by atoms with Crippen molar-refractivity contribution in [3.8, 4) is 0 Å². The molecule has 0 radical (unpaired) electrons. The molecule has 0 aliphatic heterocycles. The summed E-state index contributed by atoms with van der Waals surface area (Å²) >= 11 is -2.47. The standard InChI is InChI=1S/C11H18O4S/c1-8-5-10(3,4)7-11(6-8,16(13)14)15-9(2)12/h6H,5,7H2,1-4H3,(H,13,14)/p-1. The molecule has 4 nitrogen and oxygen atoms in total. The van der Waals surface area contributed by atoms with Crippen molar-refractivity contribution in [2.75, 3.05) is 0 Å². The van der Waals surface area contributed by atoms with Gasteiger partial charge < -0.3 is 9.29 Å². The van der Waals surface area contributed by atoms with E-state index < -0.39 is 22.0 Å². The molecule has 5 heteroatoms. The number of allylic oxidation sites excluding steroid dienone is 1. The van der Waals surface area contributed by atoms with Crippen molar-refractivity contribution in [1.29, 1.82) is 0 Å². The lowest BCUT2D eigenvalue weighted by Gasteiger charge is -2.42. The highest BCUT2D eigenvalue weighted by atomic mass is 32.2. The first-order valence-electron chi connectivity index (χ1n) is 5.14. The lowest BCUT2D eigenvalue weighted by Crippen LogP contribution is -2.44. The second kappa shape index (κ2) is 4.30. The van der Waals surface area contributed by atoms with Gasteiger partial charge in [-0.1, -0.05) is 19.4 Å². The van der Waals surface area contributed by atoms with E-state index in [-0.39, 0.29) is 5.41 Å². The summed E-state index contributed by atoms with van der Waals surface area (Å²) < 4.78 is 27.7. The van der Waals surface area contributed by atoms with E-state index >= 15 is 0 Å². The van der Waals surface area contributed by atoms with Gasteiger partial charge in [-0.3, -0.25) is 9.00 Å². The second-order valence-corrected chi connectivity index (χ2v) is 6.31. The van der Waals surface area contributed by atoms with Crippen LogP contribution in [0.25, 0.3) is 0 Å². The van der Waals surface area contributed by atoms with Gasteiger partial charge in [0.2, 0.25) is 0 Å². The van der Waals surface area contributed by atoms with Crippen LogP contribution in [-0.2, 0) is 20.6 Å². The third kappa shape index (κ3) is 2.92. The van der Waals surface area contributed by atoms with Crippen molar-refractivity contribution in [3.63, 3.8) is 0 Å². The molecular formula is C11H17O4S-. The Morgan fingerprint density at radius 1 is 1.56 bits per heavy atom. The largest absolute Gasteiger partial charge is 0.769 e. The molecule has 0 fully saturated rings. The van der Waals surface area contributed by atoms with Crippen molar-refractivity contribution in [2.45, 2.75) is 45.5 Å². The molecule has 0 saturated heterocycles. The van der Waals surface area contributed by atoms with E-state index in [2.05, 4.69) is 0 Å². The van der Waals surface area contributed by atoms with Crippen LogP contribution in [0.4, 0.5) is 0 Å². The van der Waals surface area contributed by atoms with Gasteiger partial charge in [-0.05, 0) is 35.9 Å². The number of carbonyl (C=O) groups is 1. The molecule has 0 spiro atoms. The molecule has 2 atom stereocenters. The number of rotatable bonds is 2. The maximum Gasteiger partial charge on any atom is 0.304 e. The van der Waals surface area contributed by atoms with Crippen LogP contribution in [0.3, 0.4) is 0 Å². The SMILES string of the molecule is CC(=O)OC1(S(=O)[O-])C=C(C)CC(C)(C)C1. The molecule has 0 heterocycles. The van der Waals surface area contributed by atoms with E-state index in [9.17, 15) is 13.6 Å². The normalized spacial score (nSPS) is 30.4. The summed E-state index contributed by atoms with van der Waals surface area (Å²) in [5.41, 5.74) is 0.746. The quantitative estimate of drug-likeness (QED) is 0.423. The van der Waals surface area contributed by atoms with Crippen LogP contribution in [0.2, 0.25) is 0 Å². The zero-order valence-electron chi connectivity index (χ0n) is 10.0. The Hall–Kier alpha value is -0.680. The van der Waals surface area contributed by atoms with E-state index in [1.165, 1.54) is 6.92 Å². The van der Waals surface area contributed by atoms with Gasteiger partial charge in [0.05, 0.1) is 0 Å². The Kier molecular flexibility index (Phi) is 3.59. The first-order chi connectivity index (χ1) is 7.17. The van der Waals surface area contributed by atoms with Gasteiger partial charge in [-0.15, -0.1) is 0 Å². The van der Waals surface area contributed by atoms with Crippen LogP contribution in [0.1, 0.15) is 40.5 Å². The van der Waals surface area contributed by atoms with E-state index in [1.807, 2.05) is 20.8 Å². The van der Waals surface area contributed by atoms with Crippen molar-refractivity contribution >= 4 is 17.0 Å². The average molecular weight is 245 g/mol. The first kappa shape index (κ1) is 13.4. The molecule has 1 aliphatic carbocycles. The Labute approximate surface area is 98.3 Å². The smallest absolute Gasteiger partial charge is 0.304 e. The van der Waals surface area contributed by atoms with Gasteiger partial charge >= 0.3 is 5.97 Å². The van der Waals surface area contributed by atoms with Gasteiger partial charge in [-0.2, -0.15) is 0 Å². The summed E-state index contributed by atoms with van der Waals surface area (Å²) in [5.74, 6) is -0.578. The lowest BCUT2D eigenvalue weighted by atomic mass is 9.76. The third-order valence-electron chi connectivity index (χ3n) is 2.55. The van der Waals surface area contributed by atoms with Crippen LogP contribution < -0.4 is 0 Å². The molecule has 0 N–H and O–H groups in total. The Morgan fingerprint density at radius 3 is 2.50 bits per heavy atom. The summed E-state index contributed by atoms with van der Waals surface area (Å²) in [5, 5.41) is 0. The Bertz CT molecular complexity index is 359. The number of hydrogen-bond donors (Lipinski definition) is 0. The Balaban J connectivity index is 3.15. The fourth-order valence-corrected chi connectivity index (χ4v) is 3.40. The molecule has 0 bridgehead atoms. The minimum Gasteiger partial charge on any atom is -0.769 e. The molecule has 0 aromatic rings. The molecule has 1 aliphatic rings. The maximum atomic E-state index is 11.3. The van der Waals surface area contributed by atoms with Crippen LogP contribution in [0.15, 0.2) is 11.6 Å². The molecule has 0 aromatic carbocycles. The van der Waals surface area contributed by atoms with Crippen LogP contribution in [-0.4, -0.2) is 19.7 Å². The summed E-state index contributed by atoms with van der Waals surface area (Å²) in [6.45, 7) is 7.01. The minimum atomic E-state index is -2.47. The molecular weight excluding hydrogens is 228 g/mol.